The number of rotatable bonds is 2. The largest absolute Gasteiger partial charge is 0.508 e. The molecule has 1 N–H and O–H groups in total. The van der Waals surface area contributed by atoms with Crippen LogP contribution in [0.15, 0.2) is 12.1 Å². The second-order valence-electron chi connectivity index (χ2n) is 4.58. The minimum atomic E-state index is 0.384. The Morgan fingerprint density at radius 1 is 0.929 bits per heavy atom. The van der Waals surface area contributed by atoms with Crippen molar-refractivity contribution in [1.82, 2.24) is 0 Å². The molecule has 0 saturated carbocycles. The van der Waals surface area contributed by atoms with Gasteiger partial charge in [0.05, 0.1) is 0 Å². The van der Waals surface area contributed by atoms with E-state index in [-0.39, 0.29) is 0 Å². The highest BCUT2D eigenvalue weighted by molar-refractivity contribution is 5.44. The zero-order valence-corrected chi connectivity index (χ0v) is 9.76. The van der Waals surface area contributed by atoms with Gasteiger partial charge < -0.3 is 5.11 Å². The maximum atomic E-state index is 9.84. The van der Waals surface area contributed by atoms with Crippen LogP contribution in [0.3, 0.4) is 0 Å². The van der Waals surface area contributed by atoms with E-state index in [2.05, 4.69) is 40.7 Å². The third-order valence-electron chi connectivity index (χ3n) is 2.66. The minimum absolute atomic E-state index is 0.384. The van der Waals surface area contributed by atoms with Gasteiger partial charge in [0, 0.05) is 0 Å². The topological polar surface area (TPSA) is 20.2 Å². The summed E-state index contributed by atoms with van der Waals surface area (Å²) in [5.74, 6) is 1.30. The average molecular weight is 192 g/mol. The second-order valence-corrected chi connectivity index (χ2v) is 4.58. The number of phenolic OH excluding ortho intramolecular Hbond substituents is 1. The van der Waals surface area contributed by atoms with Crippen LogP contribution in [-0.2, 0) is 0 Å². The van der Waals surface area contributed by atoms with Crippen molar-refractivity contribution in [1.29, 1.82) is 0 Å². The molecule has 0 aliphatic rings. The molecular weight excluding hydrogens is 172 g/mol. The molecule has 1 aromatic carbocycles. The number of hydrogen-bond donors (Lipinski definition) is 1. The molecule has 1 rings (SSSR count). The molecule has 0 spiro atoms. The van der Waals surface area contributed by atoms with Gasteiger partial charge in [-0.2, -0.15) is 0 Å². The fraction of sp³-hybridized carbons (Fsp3) is 0.538. The summed E-state index contributed by atoms with van der Waals surface area (Å²) in [4.78, 5) is 0. The molecule has 0 radical (unpaired) electrons. The Labute approximate surface area is 86.8 Å². The molecule has 0 fully saturated rings. The third kappa shape index (κ3) is 2.09. The summed E-state index contributed by atoms with van der Waals surface area (Å²) >= 11 is 0. The van der Waals surface area contributed by atoms with E-state index in [1.54, 1.807) is 0 Å². The van der Waals surface area contributed by atoms with Crippen LogP contribution in [0, 0.1) is 6.92 Å². The lowest BCUT2D eigenvalue weighted by atomic mass is 9.92. The van der Waals surface area contributed by atoms with E-state index >= 15 is 0 Å². The Bertz CT molecular complexity index is 291. The summed E-state index contributed by atoms with van der Waals surface area (Å²) in [6.45, 7) is 10.6. The van der Waals surface area contributed by atoms with Crippen LogP contribution < -0.4 is 0 Å². The third-order valence-corrected chi connectivity index (χ3v) is 2.66. The van der Waals surface area contributed by atoms with Gasteiger partial charge in [-0.05, 0) is 41.5 Å². The van der Waals surface area contributed by atoms with Crippen LogP contribution in [0.4, 0.5) is 0 Å². The first kappa shape index (κ1) is 11.1. The van der Waals surface area contributed by atoms with E-state index in [1.165, 1.54) is 11.1 Å². The number of aromatic hydroxyl groups is 1. The SMILES string of the molecule is Cc1cc(C(C)C)c(O)cc1C(C)C. The van der Waals surface area contributed by atoms with Crippen molar-refractivity contribution >= 4 is 0 Å². The lowest BCUT2D eigenvalue weighted by molar-refractivity contribution is 0.463. The van der Waals surface area contributed by atoms with Crippen molar-refractivity contribution in [3.05, 3.63) is 28.8 Å². The molecule has 0 aliphatic heterocycles. The fourth-order valence-corrected chi connectivity index (χ4v) is 1.82. The molecule has 0 bridgehead atoms. The summed E-state index contributed by atoms with van der Waals surface area (Å²) in [6, 6.07) is 4.02. The summed E-state index contributed by atoms with van der Waals surface area (Å²) in [7, 11) is 0. The molecule has 1 aromatic rings. The lowest BCUT2D eigenvalue weighted by Gasteiger charge is -2.15. The predicted molar refractivity (Wildman–Crippen MR) is 61.0 cm³/mol. The molecule has 14 heavy (non-hydrogen) atoms. The van der Waals surface area contributed by atoms with Gasteiger partial charge in [-0.1, -0.05) is 33.8 Å². The van der Waals surface area contributed by atoms with E-state index < -0.39 is 0 Å². The van der Waals surface area contributed by atoms with Crippen LogP contribution in [0.2, 0.25) is 0 Å². The van der Waals surface area contributed by atoms with Gasteiger partial charge in [-0.25, -0.2) is 0 Å². The van der Waals surface area contributed by atoms with Crippen LogP contribution in [0.25, 0.3) is 0 Å². The van der Waals surface area contributed by atoms with Gasteiger partial charge in [0.2, 0.25) is 0 Å². The molecule has 0 atom stereocenters. The van der Waals surface area contributed by atoms with Gasteiger partial charge in [0.25, 0.3) is 0 Å². The van der Waals surface area contributed by atoms with Crippen molar-refractivity contribution in [2.24, 2.45) is 0 Å². The van der Waals surface area contributed by atoms with Gasteiger partial charge in [-0.15, -0.1) is 0 Å². The summed E-state index contributed by atoms with van der Waals surface area (Å²) < 4.78 is 0. The van der Waals surface area contributed by atoms with Crippen LogP contribution >= 0.6 is 0 Å². The van der Waals surface area contributed by atoms with E-state index in [0.717, 1.165) is 5.56 Å². The number of hydrogen-bond acceptors (Lipinski definition) is 1. The highest BCUT2D eigenvalue weighted by Crippen LogP contribution is 2.31. The van der Waals surface area contributed by atoms with Crippen molar-refractivity contribution in [3.63, 3.8) is 0 Å². The monoisotopic (exact) mass is 192 g/mol. The molecular formula is C13H20O. The maximum Gasteiger partial charge on any atom is 0.119 e. The minimum Gasteiger partial charge on any atom is -0.508 e. The summed E-state index contributed by atoms with van der Waals surface area (Å²) in [5, 5.41) is 9.84. The van der Waals surface area contributed by atoms with Crippen molar-refractivity contribution in [3.8, 4) is 5.75 Å². The van der Waals surface area contributed by atoms with E-state index in [4.69, 9.17) is 0 Å². The Kier molecular flexibility index (Phi) is 3.20. The first-order chi connectivity index (χ1) is 6.43. The smallest absolute Gasteiger partial charge is 0.119 e. The van der Waals surface area contributed by atoms with Crippen LogP contribution in [-0.4, -0.2) is 5.11 Å². The standard InChI is InChI=1S/C13H20O/c1-8(2)11-7-13(14)12(9(3)4)6-10(11)5/h6-9,14H,1-5H3. The summed E-state index contributed by atoms with van der Waals surface area (Å²) in [5.41, 5.74) is 3.57. The fourth-order valence-electron chi connectivity index (χ4n) is 1.82. The Morgan fingerprint density at radius 3 is 1.86 bits per heavy atom. The molecule has 78 valence electrons. The van der Waals surface area contributed by atoms with Gasteiger partial charge in [0.15, 0.2) is 0 Å². The Balaban J connectivity index is 3.24. The highest BCUT2D eigenvalue weighted by Gasteiger charge is 2.11. The number of aryl methyl sites for hydroxylation is 1. The number of benzene rings is 1. The molecule has 0 saturated heterocycles. The molecule has 0 amide bonds. The number of phenols is 1. The quantitative estimate of drug-likeness (QED) is 0.752. The molecule has 1 heteroatoms. The first-order valence-electron chi connectivity index (χ1n) is 5.27. The molecule has 1 nitrogen and oxygen atoms in total. The van der Waals surface area contributed by atoms with Gasteiger partial charge >= 0.3 is 0 Å². The van der Waals surface area contributed by atoms with Crippen LogP contribution in [0.1, 0.15) is 56.2 Å². The lowest BCUT2D eigenvalue weighted by Crippen LogP contribution is -1.96. The normalized spacial score (nSPS) is 11.4. The molecule has 0 aromatic heterocycles. The van der Waals surface area contributed by atoms with Gasteiger partial charge in [0.1, 0.15) is 5.75 Å². The first-order valence-corrected chi connectivity index (χ1v) is 5.27. The predicted octanol–water partition coefficient (Wildman–Crippen LogP) is 3.95. The highest BCUT2D eigenvalue weighted by atomic mass is 16.3. The molecule has 0 unspecified atom stereocenters. The Morgan fingerprint density at radius 2 is 1.43 bits per heavy atom. The maximum absolute atomic E-state index is 9.84. The van der Waals surface area contributed by atoms with E-state index in [1.807, 2.05) is 6.07 Å². The van der Waals surface area contributed by atoms with Crippen molar-refractivity contribution in [2.75, 3.05) is 0 Å². The second kappa shape index (κ2) is 4.04. The van der Waals surface area contributed by atoms with Crippen LogP contribution in [0.5, 0.6) is 5.75 Å². The van der Waals surface area contributed by atoms with E-state index in [9.17, 15) is 5.11 Å². The van der Waals surface area contributed by atoms with Crippen molar-refractivity contribution in [2.45, 2.75) is 46.5 Å². The summed E-state index contributed by atoms with van der Waals surface area (Å²) in [6.07, 6.45) is 0. The zero-order valence-electron chi connectivity index (χ0n) is 9.76. The molecule has 0 heterocycles. The zero-order chi connectivity index (χ0) is 10.9. The molecule has 0 aliphatic carbocycles. The Hall–Kier alpha value is -0.980. The average Bonchev–Trinajstić information content (AvgIpc) is 2.07. The van der Waals surface area contributed by atoms with Crippen molar-refractivity contribution < 1.29 is 5.11 Å². The van der Waals surface area contributed by atoms with Gasteiger partial charge in [-0.3, -0.25) is 0 Å². The van der Waals surface area contributed by atoms with E-state index in [0.29, 0.717) is 17.6 Å².